The van der Waals surface area contributed by atoms with E-state index in [1.54, 1.807) is 28.3 Å². The molecular weight excluding hydrogens is 304 g/mol. The predicted molar refractivity (Wildman–Crippen MR) is 89.0 cm³/mol. The lowest BCUT2D eigenvalue weighted by atomic mass is 10.1. The van der Waals surface area contributed by atoms with Crippen molar-refractivity contribution in [1.82, 2.24) is 9.55 Å². The van der Waals surface area contributed by atoms with Crippen molar-refractivity contribution in [3.05, 3.63) is 64.2 Å². The second-order valence-corrected chi connectivity index (χ2v) is 5.92. The van der Waals surface area contributed by atoms with Crippen molar-refractivity contribution in [2.24, 2.45) is 0 Å². The predicted octanol–water partition coefficient (Wildman–Crippen LogP) is 4.19. The van der Waals surface area contributed by atoms with Crippen LogP contribution in [-0.2, 0) is 6.54 Å². The molecule has 0 aliphatic heterocycles. The van der Waals surface area contributed by atoms with Gasteiger partial charge in [-0.25, -0.2) is 4.98 Å². The number of aromatic nitrogens is 2. The van der Waals surface area contributed by atoms with Crippen LogP contribution in [0.4, 0.5) is 0 Å². The van der Waals surface area contributed by atoms with Crippen LogP contribution in [0.1, 0.15) is 5.56 Å². The smallest absolute Gasteiger partial charge is 0.262 e. The van der Waals surface area contributed by atoms with Crippen LogP contribution < -0.4 is 5.56 Å². The number of nitrogens with zero attached hydrogens (tertiary/aromatic N) is 2. The molecule has 0 aliphatic carbocycles. The third-order valence-electron chi connectivity index (χ3n) is 3.34. The van der Waals surface area contributed by atoms with Crippen molar-refractivity contribution >= 4 is 33.2 Å². The van der Waals surface area contributed by atoms with Crippen LogP contribution in [0.5, 0.6) is 0 Å². The van der Waals surface area contributed by atoms with Gasteiger partial charge in [0.15, 0.2) is 0 Å². The Kier molecular flexibility index (Phi) is 3.90. The maximum absolute atomic E-state index is 12.6. The SMILES string of the molecule is Cc1c(-c2ccccc2)sc2ncn(C/C=C/Cl)c(=O)c12. The number of allylic oxidation sites excluding steroid dienone is 1. The van der Waals surface area contributed by atoms with Gasteiger partial charge >= 0.3 is 0 Å². The maximum Gasteiger partial charge on any atom is 0.262 e. The molecule has 0 radical (unpaired) electrons. The van der Waals surface area contributed by atoms with Crippen LogP contribution in [-0.4, -0.2) is 9.55 Å². The molecule has 0 atom stereocenters. The van der Waals surface area contributed by atoms with E-state index in [0.29, 0.717) is 11.9 Å². The minimum absolute atomic E-state index is 0.0225. The largest absolute Gasteiger partial charge is 0.295 e. The fourth-order valence-electron chi connectivity index (χ4n) is 2.31. The summed E-state index contributed by atoms with van der Waals surface area (Å²) in [5.41, 5.74) is 3.49. The second-order valence-electron chi connectivity index (χ2n) is 4.67. The molecule has 0 spiro atoms. The monoisotopic (exact) mass is 316 g/mol. The van der Waals surface area contributed by atoms with E-state index in [9.17, 15) is 4.79 Å². The van der Waals surface area contributed by atoms with Crippen molar-refractivity contribution in [1.29, 1.82) is 0 Å². The van der Waals surface area contributed by atoms with Crippen LogP contribution in [0.25, 0.3) is 20.7 Å². The van der Waals surface area contributed by atoms with Crippen molar-refractivity contribution in [3.8, 4) is 10.4 Å². The average Bonchev–Trinajstić information content (AvgIpc) is 2.85. The molecule has 21 heavy (non-hydrogen) atoms. The van der Waals surface area contributed by atoms with Gasteiger partial charge in [-0.3, -0.25) is 9.36 Å². The van der Waals surface area contributed by atoms with Crippen molar-refractivity contribution in [2.75, 3.05) is 0 Å². The molecule has 3 aromatic rings. The Labute approximate surface area is 131 Å². The van der Waals surface area contributed by atoms with E-state index in [0.717, 1.165) is 20.8 Å². The summed E-state index contributed by atoms with van der Waals surface area (Å²) >= 11 is 7.08. The van der Waals surface area contributed by atoms with E-state index in [2.05, 4.69) is 4.98 Å². The van der Waals surface area contributed by atoms with Gasteiger partial charge < -0.3 is 0 Å². The summed E-state index contributed by atoms with van der Waals surface area (Å²) in [7, 11) is 0. The van der Waals surface area contributed by atoms with E-state index in [1.807, 2.05) is 37.3 Å². The molecule has 0 unspecified atom stereocenters. The van der Waals surface area contributed by atoms with Crippen LogP contribution in [0.15, 0.2) is 53.1 Å². The summed E-state index contributed by atoms with van der Waals surface area (Å²) in [5, 5.41) is 0.698. The zero-order valence-electron chi connectivity index (χ0n) is 11.4. The number of rotatable bonds is 3. The number of halogens is 1. The lowest BCUT2D eigenvalue weighted by molar-refractivity contribution is 0.768. The molecule has 106 valence electrons. The van der Waals surface area contributed by atoms with Gasteiger partial charge in [0.25, 0.3) is 5.56 Å². The van der Waals surface area contributed by atoms with Crippen molar-refractivity contribution < 1.29 is 0 Å². The summed E-state index contributed by atoms with van der Waals surface area (Å²) in [6.45, 7) is 2.41. The van der Waals surface area contributed by atoms with E-state index in [4.69, 9.17) is 11.6 Å². The van der Waals surface area contributed by atoms with Gasteiger partial charge in [0.1, 0.15) is 4.83 Å². The molecule has 0 fully saturated rings. The molecule has 2 aromatic heterocycles. The van der Waals surface area contributed by atoms with E-state index in [1.165, 1.54) is 5.54 Å². The molecule has 2 heterocycles. The third-order valence-corrected chi connectivity index (χ3v) is 4.77. The number of fused-ring (bicyclic) bond motifs is 1. The molecule has 3 rings (SSSR count). The summed E-state index contributed by atoms with van der Waals surface area (Å²) in [4.78, 5) is 18.8. The first kappa shape index (κ1) is 14.0. The minimum Gasteiger partial charge on any atom is -0.295 e. The van der Waals surface area contributed by atoms with Crippen molar-refractivity contribution in [2.45, 2.75) is 13.5 Å². The standard InChI is InChI=1S/C16H13ClN2OS/c1-11-13-15(18-10-19(16(13)20)9-5-8-17)21-14(11)12-6-3-2-4-7-12/h2-8,10H,9H2,1H3/b8-5+. The van der Waals surface area contributed by atoms with Gasteiger partial charge in [0, 0.05) is 17.0 Å². The van der Waals surface area contributed by atoms with Crippen LogP contribution >= 0.6 is 22.9 Å². The van der Waals surface area contributed by atoms with E-state index < -0.39 is 0 Å². The number of thiophene rings is 1. The first-order valence-corrected chi connectivity index (χ1v) is 7.77. The Morgan fingerprint density at radius 2 is 2.10 bits per heavy atom. The third kappa shape index (κ3) is 2.52. The number of hydrogen-bond acceptors (Lipinski definition) is 3. The zero-order valence-corrected chi connectivity index (χ0v) is 13.0. The Morgan fingerprint density at radius 1 is 1.33 bits per heavy atom. The van der Waals surface area contributed by atoms with E-state index >= 15 is 0 Å². The summed E-state index contributed by atoms with van der Waals surface area (Å²) in [5.74, 6) is 0. The molecule has 1 aromatic carbocycles. The Hall–Kier alpha value is -1.91. The Balaban J connectivity index is 2.22. The highest BCUT2D eigenvalue weighted by atomic mass is 35.5. The highest BCUT2D eigenvalue weighted by Gasteiger charge is 2.15. The first-order valence-electron chi connectivity index (χ1n) is 6.51. The fraction of sp³-hybridized carbons (Fsp3) is 0.125. The molecular formula is C16H13ClN2OS. The van der Waals surface area contributed by atoms with Gasteiger partial charge in [-0.2, -0.15) is 0 Å². The molecule has 3 nitrogen and oxygen atoms in total. The van der Waals surface area contributed by atoms with Gasteiger partial charge in [0.2, 0.25) is 0 Å². The highest BCUT2D eigenvalue weighted by Crippen LogP contribution is 2.35. The summed E-state index contributed by atoms with van der Waals surface area (Å²) < 4.78 is 1.57. The molecule has 0 aliphatic rings. The molecule has 0 saturated heterocycles. The lowest BCUT2D eigenvalue weighted by Gasteiger charge is -2.01. The van der Waals surface area contributed by atoms with Gasteiger partial charge in [0.05, 0.1) is 11.7 Å². The molecule has 0 bridgehead atoms. The van der Waals surface area contributed by atoms with Crippen LogP contribution in [0.3, 0.4) is 0 Å². The second kappa shape index (κ2) is 5.84. The number of aryl methyl sites for hydroxylation is 1. The lowest BCUT2D eigenvalue weighted by Crippen LogP contribution is -2.19. The van der Waals surface area contributed by atoms with Crippen LogP contribution in [0, 0.1) is 6.92 Å². The quantitative estimate of drug-likeness (QED) is 0.726. The Morgan fingerprint density at radius 3 is 2.81 bits per heavy atom. The number of benzene rings is 1. The molecule has 0 saturated carbocycles. The zero-order chi connectivity index (χ0) is 14.8. The first-order chi connectivity index (χ1) is 10.2. The summed E-state index contributed by atoms with van der Waals surface area (Å²) in [6.07, 6.45) is 3.29. The van der Waals surface area contributed by atoms with Gasteiger partial charge in [-0.15, -0.1) is 11.3 Å². The molecule has 0 amide bonds. The maximum atomic E-state index is 12.6. The normalized spacial score (nSPS) is 11.5. The average molecular weight is 317 g/mol. The van der Waals surface area contributed by atoms with Gasteiger partial charge in [-0.1, -0.05) is 48.0 Å². The highest BCUT2D eigenvalue weighted by molar-refractivity contribution is 7.22. The minimum atomic E-state index is -0.0225. The van der Waals surface area contributed by atoms with Crippen LogP contribution in [0.2, 0.25) is 0 Å². The Bertz CT molecular complexity index is 865. The van der Waals surface area contributed by atoms with E-state index in [-0.39, 0.29) is 5.56 Å². The number of hydrogen-bond donors (Lipinski definition) is 0. The molecule has 5 heteroatoms. The molecule has 0 N–H and O–H groups in total. The summed E-state index contributed by atoms with van der Waals surface area (Å²) in [6, 6.07) is 10.1. The van der Waals surface area contributed by atoms with Crippen molar-refractivity contribution in [3.63, 3.8) is 0 Å². The van der Waals surface area contributed by atoms with Gasteiger partial charge in [-0.05, 0) is 18.1 Å². The fourth-order valence-corrected chi connectivity index (χ4v) is 3.53. The topological polar surface area (TPSA) is 34.9 Å².